The van der Waals surface area contributed by atoms with Crippen molar-refractivity contribution in [2.45, 2.75) is 26.7 Å². The number of rotatable bonds is 1. The van der Waals surface area contributed by atoms with Gasteiger partial charge in [-0.15, -0.1) is 0 Å². The van der Waals surface area contributed by atoms with Crippen LogP contribution in [0.5, 0.6) is 0 Å². The van der Waals surface area contributed by atoms with Gasteiger partial charge in [0.2, 0.25) is 0 Å². The Labute approximate surface area is 80.1 Å². The molecule has 1 nitrogen and oxygen atoms in total. The van der Waals surface area contributed by atoms with Crippen molar-refractivity contribution < 1.29 is 4.39 Å². The predicted octanol–water partition coefficient (Wildman–Crippen LogP) is 3.42. The fraction of sp³-hybridized carbons (Fsp3) is 0.444. The Morgan fingerprint density at radius 1 is 1.50 bits per heavy atom. The van der Waals surface area contributed by atoms with E-state index < -0.39 is 0 Å². The first kappa shape index (κ1) is 9.65. The molecule has 0 aliphatic rings. The van der Waals surface area contributed by atoms with Crippen LogP contribution in [0, 0.1) is 12.7 Å². The zero-order valence-corrected chi connectivity index (χ0v) is 8.94. The molecule has 12 heavy (non-hydrogen) atoms. The van der Waals surface area contributed by atoms with E-state index in [2.05, 4.69) is 20.9 Å². The molecular formula is C9H11BrFN. The third kappa shape index (κ3) is 1.66. The van der Waals surface area contributed by atoms with E-state index in [9.17, 15) is 4.39 Å². The van der Waals surface area contributed by atoms with Gasteiger partial charge >= 0.3 is 0 Å². The Bertz CT molecular complexity index is 297. The van der Waals surface area contributed by atoms with Crippen LogP contribution >= 0.6 is 15.9 Å². The summed E-state index contributed by atoms with van der Waals surface area (Å²) >= 11 is 3.06. The highest BCUT2D eigenvalue weighted by Gasteiger charge is 2.13. The van der Waals surface area contributed by atoms with Gasteiger partial charge in [0.1, 0.15) is 4.60 Å². The Morgan fingerprint density at radius 2 is 2.08 bits per heavy atom. The summed E-state index contributed by atoms with van der Waals surface area (Å²) in [5.74, 6) is -0.0331. The summed E-state index contributed by atoms with van der Waals surface area (Å²) in [6.45, 7) is 5.81. The van der Waals surface area contributed by atoms with E-state index in [1.54, 1.807) is 6.20 Å². The lowest BCUT2D eigenvalue weighted by Gasteiger charge is -2.10. The van der Waals surface area contributed by atoms with Gasteiger partial charge in [0, 0.05) is 6.20 Å². The molecule has 1 rings (SSSR count). The van der Waals surface area contributed by atoms with Crippen molar-refractivity contribution in [3.05, 3.63) is 27.7 Å². The Balaban J connectivity index is 3.33. The molecule has 0 N–H and O–H groups in total. The van der Waals surface area contributed by atoms with Gasteiger partial charge in [0.15, 0.2) is 5.82 Å². The highest BCUT2D eigenvalue weighted by Crippen LogP contribution is 2.25. The van der Waals surface area contributed by atoms with Gasteiger partial charge in [-0.05, 0) is 39.9 Å². The molecule has 0 unspecified atom stereocenters. The molecule has 0 aliphatic heterocycles. The average Bonchev–Trinajstić information content (AvgIpc) is 1.97. The molecule has 0 atom stereocenters. The van der Waals surface area contributed by atoms with Gasteiger partial charge in [-0.25, -0.2) is 9.37 Å². The molecule has 0 aliphatic carbocycles. The SMILES string of the molecule is Cc1cnc(Br)c(F)c1C(C)C. The number of nitrogens with zero attached hydrogens (tertiary/aromatic N) is 1. The van der Waals surface area contributed by atoms with E-state index in [0.29, 0.717) is 4.60 Å². The highest BCUT2D eigenvalue weighted by atomic mass is 79.9. The summed E-state index contributed by atoms with van der Waals surface area (Å²) in [4.78, 5) is 3.86. The highest BCUT2D eigenvalue weighted by molar-refractivity contribution is 9.10. The lowest BCUT2D eigenvalue weighted by molar-refractivity contribution is 0.581. The van der Waals surface area contributed by atoms with Crippen LogP contribution in [0.25, 0.3) is 0 Å². The van der Waals surface area contributed by atoms with Gasteiger partial charge in [-0.2, -0.15) is 0 Å². The van der Waals surface area contributed by atoms with E-state index in [1.807, 2.05) is 20.8 Å². The monoisotopic (exact) mass is 231 g/mol. The van der Waals surface area contributed by atoms with Gasteiger partial charge in [-0.1, -0.05) is 13.8 Å². The van der Waals surface area contributed by atoms with Crippen molar-refractivity contribution >= 4 is 15.9 Å². The minimum absolute atomic E-state index is 0.198. The standard InChI is InChI=1S/C9H11BrFN/c1-5(2)7-6(3)4-12-9(10)8(7)11/h4-5H,1-3H3. The zero-order valence-electron chi connectivity index (χ0n) is 7.36. The summed E-state index contributed by atoms with van der Waals surface area (Å²) in [6.07, 6.45) is 1.68. The zero-order chi connectivity index (χ0) is 9.30. The van der Waals surface area contributed by atoms with Gasteiger partial charge < -0.3 is 0 Å². The van der Waals surface area contributed by atoms with Crippen LogP contribution in [0.15, 0.2) is 10.8 Å². The quantitative estimate of drug-likeness (QED) is 0.676. The molecule has 0 amide bonds. The van der Waals surface area contributed by atoms with E-state index in [1.165, 1.54) is 0 Å². The predicted molar refractivity (Wildman–Crippen MR) is 50.7 cm³/mol. The molecule has 3 heteroatoms. The minimum Gasteiger partial charge on any atom is -0.246 e. The molecule has 0 radical (unpaired) electrons. The van der Waals surface area contributed by atoms with Gasteiger partial charge in [-0.3, -0.25) is 0 Å². The van der Waals surface area contributed by atoms with E-state index in [4.69, 9.17) is 0 Å². The maximum Gasteiger partial charge on any atom is 0.159 e. The van der Waals surface area contributed by atoms with E-state index in [-0.39, 0.29) is 11.7 Å². The van der Waals surface area contributed by atoms with Crippen molar-refractivity contribution in [1.29, 1.82) is 0 Å². The Kier molecular flexibility index (Phi) is 2.83. The normalized spacial score (nSPS) is 10.8. The van der Waals surface area contributed by atoms with Crippen LogP contribution < -0.4 is 0 Å². The molecule has 0 aromatic carbocycles. The first-order valence-corrected chi connectivity index (χ1v) is 4.63. The molecule has 66 valence electrons. The number of pyridine rings is 1. The second-order valence-corrected chi connectivity index (χ2v) is 3.87. The van der Waals surface area contributed by atoms with Gasteiger partial charge in [0.25, 0.3) is 0 Å². The minimum atomic E-state index is -0.231. The van der Waals surface area contributed by atoms with Crippen LogP contribution in [0.3, 0.4) is 0 Å². The topological polar surface area (TPSA) is 12.9 Å². The smallest absolute Gasteiger partial charge is 0.159 e. The lowest BCUT2D eigenvalue weighted by Crippen LogP contribution is -1.99. The maximum absolute atomic E-state index is 13.4. The average molecular weight is 232 g/mol. The molecule has 0 spiro atoms. The third-order valence-electron chi connectivity index (χ3n) is 1.79. The largest absolute Gasteiger partial charge is 0.246 e. The molecule has 0 bridgehead atoms. The van der Waals surface area contributed by atoms with E-state index >= 15 is 0 Å². The molecule has 0 saturated carbocycles. The number of aromatic nitrogens is 1. The summed E-state index contributed by atoms with van der Waals surface area (Å²) in [7, 11) is 0. The fourth-order valence-corrected chi connectivity index (χ4v) is 1.59. The number of halogens is 2. The molecule has 1 aromatic heterocycles. The van der Waals surface area contributed by atoms with Crippen molar-refractivity contribution in [3.8, 4) is 0 Å². The molecule has 0 saturated heterocycles. The molecule has 0 fully saturated rings. The second-order valence-electron chi connectivity index (χ2n) is 3.11. The van der Waals surface area contributed by atoms with Crippen molar-refractivity contribution in [3.63, 3.8) is 0 Å². The van der Waals surface area contributed by atoms with Crippen LogP contribution in [0.1, 0.15) is 30.9 Å². The lowest BCUT2D eigenvalue weighted by atomic mass is 10.00. The fourth-order valence-electron chi connectivity index (χ4n) is 1.27. The van der Waals surface area contributed by atoms with E-state index in [0.717, 1.165) is 11.1 Å². The summed E-state index contributed by atoms with van der Waals surface area (Å²) in [5, 5.41) is 0. The summed E-state index contributed by atoms with van der Waals surface area (Å²) in [5.41, 5.74) is 1.66. The van der Waals surface area contributed by atoms with Crippen molar-refractivity contribution in [2.24, 2.45) is 0 Å². The van der Waals surface area contributed by atoms with Crippen LogP contribution in [0.4, 0.5) is 4.39 Å². The van der Waals surface area contributed by atoms with Crippen LogP contribution in [-0.2, 0) is 0 Å². The molecule has 1 heterocycles. The van der Waals surface area contributed by atoms with Gasteiger partial charge in [0.05, 0.1) is 0 Å². The summed E-state index contributed by atoms with van der Waals surface area (Å²) < 4.78 is 13.7. The maximum atomic E-state index is 13.4. The Morgan fingerprint density at radius 3 is 2.50 bits per heavy atom. The van der Waals surface area contributed by atoms with Crippen LogP contribution in [0.2, 0.25) is 0 Å². The van der Waals surface area contributed by atoms with Crippen LogP contribution in [-0.4, -0.2) is 4.98 Å². The first-order valence-electron chi connectivity index (χ1n) is 3.84. The number of hydrogen-bond donors (Lipinski definition) is 0. The van der Waals surface area contributed by atoms with Crippen molar-refractivity contribution in [2.75, 3.05) is 0 Å². The summed E-state index contributed by atoms with van der Waals surface area (Å²) in [6, 6.07) is 0. The number of hydrogen-bond acceptors (Lipinski definition) is 1. The molecule has 1 aromatic rings. The second kappa shape index (κ2) is 3.52. The number of aryl methyl sites for hydroxylation is 1. The Hall–Kier alpha value is -0.440. The first-order chi connectivity index (χ1) is 5.54. The molecular weight excluding hydrogens is 221 g/mol. The van der Waals surface area contributed by atoms with Crippen molar-refractivity contribution in [1.82, 2.24) is 4.98 Å². The third-order valence-corrected chi connectivity index (χ3v) is 2.34.